The van der Waals surface area contributed by atoms with Crippen LogP contribution in [0.4, 0.5) is 0 Å². The molecular weight excluding hydrogens is 350 g/mol. The molecule has 0 amide bonds. The minimum Gasteiger partial charge on any atom is -0.338 e. The lowest BCUT2D eigenvalue weighted by molar-refractivity contribution is 0.611. The molecule has 116 valence electrons. The van der Waals surface area contributed by atoms with Crippen molar-refractivity contribution in [3.63, 3.8) is 0 Å². The van der Waals surface area contributed by atoms with E-state index in [1.54, 1.807) is 0 Å². The number of fused-ring (bicyclic) bond motifs is 1. The lowest BCUT2D eigenvalue weighted by atomic mass is 9.93. The number of benzene rings is 2. The van der Waals surface area contributed by atoms with Crippen LogP contribution in [-0.2, 0) is 0 Å². The summed E-state index contributed by atoms with van der Waals surface area (Å²) in [4.78, 5) is 8.35. The first-order valence-electron chi connectivity index (χ1n) is 7.95. The van der Waals surface area contributed by atoms with E-state index in [1.165, 1.54) is 16.7 Å². The van der Waals surface area contributed by atoms with Crippen LogP contribution in [0.25, 0.3) is 16.6 Å². The molecule has 4 heteroatoms. The second-order valence-electron chi connectivity index (χ2n) is 5.84. The van der Waals surface area contributed by atoms with Gasteiger partial charge >= 0.3 is 0 Å². The minimum atomic E-state index is 0.977. The van der Waals surface area contributed by atoms with Crippen molar-refractivity contribution >= 4 is 32.5 Å². The number of aromatic amines is 1. The number of nitrogens with zero attached hydrogens (tertiary/aromatic N) is 1. The van der Waals surface area contributed by atoms with E-state index in [-0.39, 0.29) is 0 Å². The van der Waals surface area contributed by atoms with Gasteiger partial charge in [0.05, 0.1) is 11.0 Å². The summed E-state index contributed by atoms with van der Waals surface area (Å²) in [6, 6.07) is 16.7. The Hall–Kier alpha value is -1.91. The number of para-hydroxylation sites is 2. The molecule has 0 spiro atoms. The standard InChI is InChI=1S/C19H18BrN3/c20-15-7-5-13(6-8-15)18(14-9-11-21-12-10-14)19-22-16-3-1-2-4-17(16)23-19/h1-8,21H,9-12H2,(H,22,23). The fourth-order valence-corrected chi connectivity index (χ4v) is 3.44. The van der Waals surface area contributed by atoms with Crippen molar-refractivity contribution in [2.24, 2.45) is 0 Å². The first kappa shape index (κ1) is 14.7. The van der Waals surface area contributed by atoms with E-state index in [1.807, 2.05) is 12.1 Å². The van der Waals surface area contributed by atoms with Crippen LogP contribution in [0.15, 0.2) is 58.6 Å². The molecular formula is C19H18BrN3. The zero-order valence-corrected chi connectivity index (χ0v) is 14.4. The average molecular weight is 368 g/mol. The number of rotatable bonds is 2. The molecule has 3 aromatic rings. The van der Waals surface area contributed by atoms with E-state index >= 15 is 0 Å². The van der Waals surface area contributed by atoms with E-state index in [2.05, 4.69) is 62.6 Å². The van der Waals surface area contributed by atoms with Crippen LogP contribution in [0.3, 0.4) is 0 Å². The first-order valence-corrected chi connectivity index (χ1v) is 8.74. The molecule has 2 N–H and O–H groups in total. The number of halogens is 1. The monoisotopic (exact) mass is 367 g/mol. The highest BCUT2D eigenvalue weighted by Crippen LogP contribution is 2.31. The van der Waals surface area contributed by atoms with Crippen molar-refractivity contribution in [3.8, 4) is 0 Å². The summed E-state index contributed by atoms with van der Waals surface area (Å²) < 4.78 is 1.10. The fraction of sp³-hybridized carbons (Fsp3) is 0.211. The van der Waals surface area contributed by atoms with Gasteiger partial charge in [0.25, 0.3) is 0 Å². The van der Waals surface area contributed by atoms with Crippen LogP contribution in [0.1, 0.15) is 24.2 Å². The van der Waals surface area contributed by atoms with Gasteiger partial charge < -0.3 is 10.3 Å². The normalized spacial score (nSPS) is 15.1. The third-order valence-electron chi connectivity index (χ3n) is 4.32. The van der Waals surface area contributed by atoms with E-state index in [4.69, 9.17) is 4.98 Å². The number of nitrogens with one attached hydrogen (secondary N) is 2. The van der Waals surface area contributed by atoms with Crippen LogP contribution in [0.2, 0.25) is 0 Å². The van der Waals surface area contributed by atoms with Gasteiger partial charge in [0.2, 0.25) is 0 Å². The highest BCUT2D eigenvalue weighted by atomic mass is 79.9. The third-order valence-corrected chi connectivity index (χ3v) is 4.85. The number of aromatic nitrogens is 2. The molecule has 0 aliphatic carbocycles. The Kier molecular flexibility index (Phi) is 4.02. The average Bonchev–Trinajstić information content (AvgIpc) is 3.01. The molecule has 1 aliphatic rings. The summed E-state index contributed by atoms with van der Waals surface area (Å²) in [6.07, 6.45) is 2.14. The Bertz CT molecular complexity index is 821. The minimum absolute atomic E-state index is 0.977. The summed E-state index contributed by atoms with van der Waals surface area (Å²) in [5.74, 6) is 0.977. The van der Waals surface area contributed by atoms with E-state index in [9.17, 15) is 0 Å². The van der Waals surface area contributed by atoms with Crippen LogP contribution in [-0.4, -0.2) is 23.1 Å². The topological polar surface area (TPSA) is 40.7 Å². The molecule has 3 nitrogen and oxygen atoms in total. The van der Waals surface area contributed by atoms with Crippen LogP contribution in [0.5, 0.6) is 0 Å². The molecule has 1 saturated heterocycles. The predicted octanol–water partition coefficient (Wildman–Crippen LogP) is 4.51. The van der Waals surface area contributed by atoms with Crippen molar-refractivity contribution in [3.05, 3.63) is 70.0 Å². The highest BCUT2D eigenvalue weighted by Gasteiger charge is 2.17. The molecule has 2 aromatic carbocycles. The molecule has 2 heterocycles. The summed E-state index contributed by atoms with van der Waals surface area (Å²) in [7, 11) is 0. The molecule has 0 atom stereocenters. The van der Waals surface area contributed by atoms with Crippen LogP contribution < -0.4 is 5.32 Å². The molecule has 0 bridgehead atoms. The zero-order chi connectivity index (χ0) is 15.6. The summed E-state index contributed by atoms with van der Waals surface area (Å²) in [6.45, 7) is 2.07. The Morgan fingerprint density at radius 2 is 1.70 bits per heavy atom. The van der Waals surface area contributed by atoms with Crippen molar-refractivity contribution in [1.82, 2.24) is 15.3 Å². The van der Waals surface area contributed by atoms with Crippen molar-refractivity contribution in [1.29, 1.82) is 0 Å². The molecule has 1 aromatic heterocycles. The van der Waals surface area contributed by atoms with Crippen molar-refractivity contribution < 1.29 is 0 Å². The van der Waals surface area contributed by atoms with Crippen molar-refractivity contribution in [2.45, 2.75) is 12.8 Å². The second kappa shape index (κ2) is 6.30. The summed E-state index contributed by atoms with van der Waals surface area (Å²) in [5.41, 5.74) is 6.07. The van der Waals surface area contributed by atoms with Gasteiger partial charge in [-0.25, -0.2) is 4.98 Å². The fourth-order valence-electron chi connectivity index (χ4n) is 3.17. The quantitative estimate of drug-likeness (QED) is 0.699. The molecule has 23 heavy (non-hydrogen) atoms. The largest absolute Gasteiger partial charge is 0.338 e. The van der Waals surface area contributed by atoms with Gasteiger partial charge in [0.1, 0.15) is 5.82 Å². The smallest absolute Gasteiger partial charge is 0.139 e. The van der Waals surface area contributed by atoms with Crippen LogP contribution >= 0.6 is 15.9 Å². The maximum absolute atomic E-state index is 4.84. The molecule has 0 radical (unpaired) electrons. The van der Waals surface area contributed by atoms with E-state index < -0.39 is 0 Å². The second-order valence-corrected chi connectivity index (χ2v) is 6.75. The van der Waals surface area contributed by atoms with Crippen LogP contribution in [0, 0.1) is 0 Å². The predicted molar refractivity (Wildman–Crippen MR) is 98.4 cm³/mol. The number of imidazole rings is 1. The van der Waals surface area contributed by atoms with Gasteiger partial charge in [0.15, 0.2) is 0 Å². The van der Waals surface area contributed by atoms with Gasteiger partial charge in [-0.15, -0.1) is 0 Å². The molecule has 0 saturated carbocycles. The van der Waals surface area contributed by atoms with Gasteiger partial charge in [-0.2, -0.15) is 0 Å². The zero-order valence-electron chi connectivity index (χ0n) is 12.8. The molecule has 0 unspecified atom stereocenters. The van der Waals surface area contributed by atoms with Crippen molar-refractivity contribution in [2.75, 3.05) is 13.1 Å². The first-order chi connectivity index (χ1) is 11.3. The van der Waals surface area contributed by atoms with E-state index in [0.29, 0.717) is 0 Å². The van der Waals surface area contributed by atoms with E-state index in [0.717, 1.165) is 47.3 Å². The number of piperidine rings is 1. The number of H-pyrrole nitrogens is 1. The Morgan fingerprint density at radius 3 is 2.43 bits per heavy atom. The molecule has 1 fully saturated rings. The lowest BCUT2D eigenvalue weighted by Gasteiger charge is -2.19. The molecule has 1 aliphatic heterocycles. The van der Waals surface area contributed by atoms with Gasteiger partial charge in [0, 0.05) is 10.0 Å². The Balaban J connectivity index is 1.89. The van der Waals surface area contributed by atoms with Gasteiger partial charge in [-0.3, -0.25) is 0 Å². The Morgan fingerprint density at radius 1 is 0.957 bits per heavy atom. The highest BCUT2D eigenvalue weighted by molar-refractivity contribution is 9.10. The van der Waals surface area contributed by atoms with Gasteiger partial charge in [-0.05, 0) is 55.8 Å². The maximum Gasteiger partial charge on any atom is 0.139 e. The third kappa shape index (κ3) is 2.96. The number of hydrogen-bond acceptors (Lipinski definition) is 2. The number of hydrogen-bond donors (Lipinski definition) is 2. The summed E-state index contributed by atoms with van der Waals surface area (Å²) >= 11 is 3.53. The Labute approximate surface area is 144 Å². The molecule has 4 rings (SSSR count). The van der Waals surface area contributed by atoms with Gasteiger partial charge in [-0.1, -0.05) is 45.8 Å². The lowest BCUT2D eigenvalue weighted by Crippen LogP contribution is -2.24. The summed E-state index contributed by atoms with van der Waals surface area (Å²) in [5, 5.41) is 3.44. The maximum atomic E-state index is 4.84. The SMILES string of the molecule is Brc1ccc(C(=C2CCNCC2)c2nc3ccccc3[nH]2)cc1.